The van der Waals surface area contributed by atoms with Crippen molar-refractivity contribution in [1.82, 2.24) is 0 Å². The van der Waals surface area contributed by atoms with E-state index in [4.69, 9.17) is 0 Å². The van der Waals surface area contributed by atoms with Crippen molar-refractivity contribution in [3.05, 3.63) is 121 Å². The summed E-state index contributed by atoms with van der Waals surface area (Å²) in [5.41, 5.74) is 0. The first kappa shape index (κ1) is 20.1. The zero-order valence-corrected chi connectivity index (χ0v) is 17.7. The Kier molecular flexibility index (Phi) is 7.23. The number of hydrogen-bond donors (Lipinski definition) is 0. The Labute approximate surface area is 170 Å². The van der Waals surface area contributed by atoms with E-state index in [0.29, 0.717) is 0 Å². The van der Waals surface area contributed by atoms with E-state index in [1.165, 1.54) is 17.7 Å². The lowest BCUT2D eigenvalue weighted by Gasteiger charge is -2.40. The molecule has 28 heavy (non-hydrogen) atoms. The van der Waals surface area contributed by atoms with Crippen molar-refractivity contribution in [2.45, 2.75) is 0 Å². The molecule has 1 N–H and O–H groups in total. The highest BCUT2D eigenvalue weighted by Crippen LogP contribution is 2.09. The smallest absolute Gasteiger partial charge is 0.266 e. The quantitative estimate of drug-likeness (QED) is 0.380. The van der Waals surface area contributed by atoms with Gasteiger partial charge in [-0.2, -0.15) is 0 Å². The molecule has 0 amide bonds. The van der Waals surface area contributed by atoms with E-state index in [-0.39, 0.29) is 0 Å². The molecule has 0 heterocycles. The van der Waals surface area contributed by atoms with E-state index < -0.39 is 13.1 Å². The average Bonchev–Trinajstić information content (AvgIpc) is 2.78. The second-order valence-corrected chi connectivity index (χ2v) is 11.4. The van der Waals surface area contributed by atoms with Gasteiger partial charge in [-0.3, -0.25) is 0 Å². The molecule has 0 radical (unpaired) electrons. The molecule has 1 nitrogen and oxygen atoms in total. The monoisotopic (exact) mass is 382 g/mol. The summed E-state index contributed by atoms with van der Waals surface area (Å²) in [6.07, 6.45) is 0. The van der Waals surface area contributed by atoms with E-state index in [0.717, 1.165) is 0 Å². The third kappa shape index (κ3) is 4.11. The minimum absolute atomic E-state index is 1.44. The van der Waals surface area contributed by atoms with Gasteiger partial charge < -0.3 is 4.74 Å². The van der Waals surface area contributed by atoms with E-state index >= 15 is 0 Å². The van der Waals surface area contributed by atoms with Crippen LogP contribution in [-0.4, -0.2) is 32.0 Å². The Morgan fingerprint density at radius 3 is 0.750 bits per heavy atom. The predicted octanol–water partition coefficient (Wildman–Crippen LogP) is 2.84. The van der Waals surface area contributed by atoms with Gasteiger partial charge in [0.1, 0.15) is 14.2 Å². The van der Waals surface area contributed by atoms with Gasteiger partial charge >= 0.3 is 0 Å². The molecule has 4 aromatic carbocycles. The molecule has 2 heteroatoms. The van der Waals surface area contributed by atoms with E-state index in [2.05, 4.69) is 126 Å². The summed E-state index contributed by atoms with van der Waals surface area (Å²) >= 11 is -2.69. The topological polar surface area (TPSA) is 12.8 Å². The molecule has 0 spiro atoms. The van der Waals surface area contributed by atoms with Gasteiger partial charge in [0, 0.05) is 0 Å². The van der Waals surface area contributed by atoms with Crippen molar-refractivity contribution >= 4 is 30.8 Å². The Morgan fingerprint density at radius 2 is 0.571 bits per heavy atom. The summed E-state index contributed by atoms with van der Waals surface area (Å²) in [6.45, 7) is 0. The summed E-state index contributed by atoms with van der Waals surface area (Å²) in [5, 5.41) is 0. The van der Waals surface area contributed by atoms with Crippen LogP contribution in [0, 0.1) is 0 Å². The molecule has 0 aromatic heterocycles. The molecule has 0 aliphatic rings. The van der Waals surface area contributed by atoms with Crippen LogP contribution in [0.15, 0.2) is 121 Å². The van der Waals surface area contributed by atoms with Gasteiger partial charge in [-0.05, 0) is 0 Å². The Balaban J connectivity index is 0.000000706. The molecule has 0 unspecified atom stereocenters. The lowest BCUT2D eigenvalue weighted by atomic mass is 10.3. The van der Waals surface area contributed by atoms with Crippen LogP contribution < -0.4 is 17.7 Å². The predicted molar refractivity (Wildman–Crippen MR) is 124 cm³/mol. The number of benzene rings is 4. The van der Waals surface area contributed by atoms with Crippen LogP contribution >= 0.6 is 0 Å². The summed E-state index contributed by atoms with van der Waals surface area (Å²) < 4.78 is 9.27. The molecular weight excluding hydrogens is 355 g/mol. The molecule has 0 fully saturated rings. The zero-order chi connectivity index (χ0) is 19.7. The molecule has 4 aromatic rings. The summed E-state index contributed by atoms with van der Waals surface area (Å²) in [6, 6.07) is 44.2. The second-order valence-electron chi connectivity index (χ2n) is 6.96. The van der Waals surface area contributed by atoms with Crippen LogP contribution in [0.5, 0.6) is 0 Å². The Hall–Kier alpha value is -2.63. The highest BCUT2D eigenvalue weighted by atomic mass is 27.2. The molecule has 0 saturated heterocycles. The molecule has 0 aliphatic carbocycles. The van der Waals surface area contributed by atoms with E-state index in [9.17, 15) is 0 Å². The summed E-state index contributed by atoms with van der Waals surface area (Å²) in [5.74, 6) is 0. The zero-order valence-electron chi connectivity index (χ0n) is 16.6. The van der Waals surface area contributed by atoms with Crippen LogP contribution in [0.4, 0.5) is 0 Å². The van der Waals surface area contributed by atoms with Crippen molar-refractivity contribution < 1.29 is 4.74 Å². The first-order valence-electron chi connectivity index (χ1n) is 9.69. The summed E-state index contributed by atoms with van der Waals surface area (Å²) in [7, 11) is 3.50. The highest BCUT2D eigenvalue weighted by Gasteiger charge is 2.35. The fraction of sp³-hybridized carbons (Fsp3) is 0.0769. The van der Waals surface area contributed by atoms with Gasteiger partial charge in [-0.25, -0.2) is 17.7 Å². The first-order chi connectivity index (χ1) is 13.8. The molecule has 0 bridgehead atoms. The minimum atomic E-state index is -2.69. The maximum absolute atomic E-state index is 3.50. The first-order valence-corrected chi connectivity index (χ1v) is 12.0. The maximum Gasteiger partial charge on any atom is 0.266 e. The minimum Gasteiger partial charge on any atom is -0.438 e. The third-order valence-corrected chi connectivity index (χ3v) is 10.7. The van der Waals surface area contributed by atoms with Gasteiger partial charge in [0.25, 0.3) is 13.1 Å². The van der Waals surface area contributed by atoms with Gasteiger partial charge in [0.05, 0.1) is 0 Å². The number of aliphatic hydroxyl groups is 2. The largest absolute Gasteiger partial charge is 0.438 e. The normalized spacial score (nSPS) is 10.6. The van der Waals surface area contributed by atoms with Crippen molar-refractivity contribution in [1.29, 1.82) is 0 Å². The fourth-order valence-corrected chi connectivity index (χ4v) is 9.63. The number of hydrogen-bond acceptors (Lipinski definition) is 0. The standard InChI is InChI=1S/4C6H5.C2H6O.Al/c4*1-2-4-6-5-3-1;1-3-2;/h4*1-5H;1-2H3;/q;;;;;-1/p+1. The second kappa shape index (κ2) is 10.1. The fourth-order valence-electron chi connectivity index (χ4n) is 4.12. The van der Waals surface area contributed by atoms with Crippen LogP contribution in [-0.2, 0) is 0 Å². The van der Waals surface area contributed by atoms with Gasteiger partial charge in [0.15, 0.2) is 0 Å². The average molecular weight is 382 g/mol. The van der Waals surface area contributed by atoms with Crippen LogP contribution in [0.3, 0.4) is 0 Å². The Bertz CT molecular complexity index is 775. The van der Waals surface area contributed by atoms with Crippen molar-refractivity contribution in [2.24, 2.45) is 0 Å². The van der Waals surface area contributed by atoms with E-state index in [1.807, 2.05) is 0 Å². The lowest BCUT2D eigenvalue weighted by Crippen LogP contribution is -2.74. The van der Waals surface area contributed by atoms with Crippen molar-refractivity contribution in [3.63, 3.8) is 0 Å². The maximum atomic E-state index is 3.50. The molecule has 0 atom stereocenters. The van der Waals surface area contributed by atoms with Crippen molar-refractivity contribution in [3.8, 4) is 0 Å². The van der Waals surface area contributed by atoms with Crippen molar-refractivity contribution in [2.75, 3.05) is 14.2 Å². The van der Waals surface area contributed by atoms with E-state index in [1.54, 1.807) is 14.2 Å². The molecule has 0 aliphatic heterocycles. The SMILES string of the molecule is C[OH+]C.c1cc[c]([Al-]([c]2ccccc2)([c]2ccccc2)[c]2ccccc2)cc1. The van der Waals surface area contributed by atoms with Gasteiger partial charge in [-0.1, -0.05) is 72.8 Å². The van der Waals surface area contributed by atoms with Gasteiger partial charge in [0.2, 0.25) is 0 Å². The molecule has 0 saturated carbocycles. The van der Waals surface area contributed by atoms with Crippen LogP contribution in [0.2, 0.25) is 0 Å². The summed E-state index contributed by atoms with van der Waals surface area (Å²) in [4.78, 5) is 0. The molecular formula is C26H27AlO. The molecule has 140 valence electrons. The van der Waals surface area contributed by atoms with Crippen LogP contribution in [0.1, 0.15) is 0 Å². The van der Waals surface area contributed by atoms with Crippen LogP contribution in [0.25, 0.3) is 0 Å². The number of ether oxygens (including phenoxy) is 1. The Morgan fingerprint density at radius 1 is 0.393 bits per heavy atom. The lowest BCUT2D eigenvalue weighted by molar-refractivity contribution is 0.0768. The third-order valence-electron chi connectivity index (χ3n) is 5.20. The highest BCUT2D eigenvalue weighted by molar-refractivity contribution is 7.19. The molecule has 4 rings (SSSR count). The number of rotatable bonds is 4. The van der Waals surface area contributed by atoms with Gasteiger partial charge in [-0.15, -0.1) is 48.5 Å².